The number of nitriles is 1. The van der Waals surface area contributed by atoms with Gasteiger partial charge in [0.15, 0.2) is 11.5 Å². The normalized spacial score (nSPS) is 14.6. The van der Waals surface area contributed by atoms with Crippen molar-refractivity contribution in [2.45, 2.75) is 6.42 Å². The summed E-state index contributed by atoms with van der Waals surface area (Å²) in [6, 6.07) is 13.9. The second kappa shape index (κ2) is 11.1. The van der Waals surface area contributed by atoms with Crippen molar-refractivity contribution in [1.82, 2.24) is 4.90 Å². The lowest BCUT2D eigenvalue weighted by Gasteiger charge is -2.36. The van der Waals surface area contributed by atoms with E-state index in [1.807, 2.05) is 24.3 Å². The molecule has 1 saturated heterocycles. The fraction of sp³-hybridized carbons (Fsp3) is 0.333. The summed E-state index contributed by atoms with van der Waals surface area (Å²) in [5.74, 6) is -0.431. The number of phenolic OH excluding ortho intramolecular Hbond substituents is 2. The van der Waals surface area contributed by atoms with Crippen molar-refractivity contribution in [3.8, 4) is 23.3 Å². The lowest BCUT2D eigenvalue weighted by molar-refractivity contribution is -0.138. The van der Waals surface area contributed by atoms with Gasteiger partial charge >= 0.3 is 5.97 Å². The maximum Gasteiger partial charge on any atom is 0.348 e. The van der Waals surface area contributed by atoms with Gasteiger partial charge in [0.05, 0.1) is 19.4 Å². The zero-order chi connectivity index (χ0) is 22.9. The van der Waals surface area contributed by atoms with Gasteiger partial charge in [-0.3, -0.25) is 4.90 Å². The number of hydrogen-bond acceptors (Lipinski definition) is 8. The number of ether oxygens (including phenoxy) is 2. The van der Waals surface area contributed by atoms with Crippen molar-refractivity contribution in [2.24, 2.45) is 0 Å². The minimum atomic E-state index is -0.707. The number of nitrogens with zero attached hydrogens (tertiary/aromatic N) is 3. The molecular formula is C24H27N3O5. The van der Waals surface area contributed by atoms with Crippen LogP contribution in [0.1, 0.15) is 12.0 Å². The number of aromatic hydroxyl groups is 2. The standard InChI is InChI=1S/C24H27N3O5/c1-31-23-6-3-2-5-20(23)27-12-10-26(11-13-27)9-4-14-32-24(30)19(17-25)15-18-7-8-21(28)22(29)16-18/h2-3,5-8,15-16,28-29H,4,9-14H2,1H3/b19-15+. The van der Waals surface area contributed by atoms with Gasteiger partial charge in [0, 0.05) is 32.7 Å². The molecule has 168 valence electrons. The van der Waals surface area contributed by atoms with E-state index in [0.29, 0.717) is 12.0 Å². The average molecular weight is 437 g/mol. The van der Waals surface area contributed by atoms with E-state index in [-0.39, 0.29) is 23.7 Å². The Morgan fingerprint density at radius 3 is 2.56 bits per heavy atom. The molecule has 0 spiro atoms. The second-order valence-corrected chi connectivity index (χ2v) is 7.41. The Balaban J connectivity index is 1.42. The largest absolute Gasteiger partial charge is 0.504 e. The minimum Gasteiger partial charge on any atom is -0.504 e. The molecule has 2 aromatic rings. The van der Waals surface area contributed by atoms with Crippen molar-refractivity contribution in [3.63, 3.8) is 0 Å². The van der Waals surface area contributed by atoms with Crippen molar-refractivity contribution in [2.75, 3.05) is 51.3 Å². The molecule has 2 N–H and O–H groups in total. The van der Waals surface area contributed by atoms with Gasteiger partial charge in [0.1, 0.15) is 17.4 Å². The van der Waals surface area contributed by atoms with E-state index in [1.54, 1.807) is 7.11 Å². The molecule has 0 saturated carbocycles. The lowest BCUT2D eigenvalue weighted by Crippen LogP contribution is -2.46. The molecule has 1 aliphatic rings. The van der Waals surface area contributed by atoms with E-state index >= 15 is 0 Å². The van der Waals surface area contributed by atoms with Gasteiger partial charge in [-0.2, -0.15) is 5.26 Å². The quantitative estimate of drug-likeness (QED) is 0.214. The fourth-order valence-electron chi connectivity index (χ4n) is 3.57. The predicted molar refractivity (Wildman–Crippen MR) is 121 cm³/mol. The fourth-order valence-corrected chi connectivity index (χ4v) is 3.57. The monoisotopic (exact) mass is 437 g/mol. The third-order valence-corrected chi connectivity index (χ3v) is 5.30. The average Bonchev–Trinajstić information content (AvgIpc) is 2.82. The van der Waals surface area contributed by atoms with Crippen LogP contribution in [0, 0.1) is 11.3 Å². The molecule has 1 heterocycles. The molecule has 0 amide bonds. The predicted octanol–water partition coefficient (Wildman–Crippen LogP) is 2.77. The number of hydrogen-bond donors (Lipinski definition) is 2. The zero-order valence-corrected chi connectivity index (χ0v) is 18.0. The van der Waals surface area contributed by atoms with E-state index < -0.39 is 5.97 Å². The maximum atomic E-state index is 12.2. The highest BCUT2D eigenvalue weighted by Crippen LogP contribution is 2.28. The first-order valence-electron chi connectivity index (χ1n) is 10.4. The van der Waals surface area contributed by atoms with Crippen LogP contribution in [0.15, 0.2) is 48.0 Å². The van der Waals surface area contributed by atoms with Crippen LogP contribution in [0.3, 0.4) is 0 Å². The Morgan fingerprint density at radius 2 is 1.88 bits per heavy atom. The second-order valence-electron chi connectivity index (χ2n) is 7.41. The van der Waals surface area contributed by atoms with Gasteiger partial charge in [-0.25, -0.2) is 4.79 Å². The molecule has 3 rings (SSSR count). The SMILES string of the molecule is COc1ccccc1N1CCN(CCCOC(=O)/C(C#N)=C/c2ccc(O)c(O)c2)CC1. The summed E-state index contributed by atoms with van der Waals surface area (Å²) >= 11 is 0. The van der Waals surface area contributed by atoms with Crippen LogP contribution in [0.5, 0.6) is 17.2 Å². The van der Waals surface area contributed by atoms with Crippen LogP contribution >= 0.6 is 0 Å². The van der Waals surface area contributed by atoms with Crippen LogP contribution in [0.25, 0.3) is 6.08 Å². The molecule has 32 heavy (non-hydrogen) atoms. The van der Waals surface area contributed by atoms with Crippen LogP contribution < -0.4 is 9.64 Å². The summed E-state index contributed by atoms with van der Waals surface area (Å²) in [5.41, 5.74) is 1.35. The molecule has 8 nitrogen and oxygen atoms in total. The molecule has 0 bridgehead atoms. The number of anilines is 1. The summed E-state index contributed by atoms with van der Waals surface area (Å²) in [4.78, 5) is 16.8. The number of esters is 1. The summed E-state index contributed by atoms with van der Waals surface area (Å²) in [6.45, 7) is 4.59. The number of piperazine rings is 1. The summed E-state index contributed by atoms with van der Waals surface area (Å²) < 4.78 is 10.7. The number of methoxy groups -OCH3 is 1. The van der Waals surface area contributed by atoms with Gasteiger partial charge in [-0.05, 0) is 42.3 Å². The number of carbonyl (C=O) groups is 1. The van der Waals surface area contributed by atoms with Gasteiger partial charge in [0.2, 0.25) is 0 Å². The minimum absolute atomic E-state index is 0.166. The molecule has 0 aliphatic carbocycles. The topological polar surface area (TPSA) is 106 Å². The van der Waals surface area contributed by atoms with Crippen LogP contribution in [-0.4, -0.2) is 67.5 Å². The zero-order valence-electron chi connectivity index (χ0n) is 18.0. The van der Waals surface area contributed by atoms with Crippen LogP contribution in [-0.2, 0) is 9.53 Å². The van der Waals surface area contributed by atoms with E-state index in [2.05, 4.69) is 15.9 Å². The molecule has 0 unspecified atom stereocenters. The van der Waals surface area contributed by atoms with Crippen molar-refractivity contribution in [1.29, 1.82) is 5.26 Å². The molecule has 0 aromatic heterocycles. The van der Waals surface area contributed by atoms with Crippen LogP contribution in [0.2, 0.25) is 0 Å². The number of rotatable bonds is 8. The molecule has 0 radical (unpaired) electrons. The van der Waals surface area contributed by atoms with E-state index in [4.69, 9.17) is 9.47 Å². The Hall–Kier alpha value is -3.70. The van der Waals surface area contributed by atoms with Crippen LogP contribution in [0.4, 0.5) is 5.69 Å². The Bertz CT molecular complexity index is 1010. The highest BCUT2D eigenvalue weighted by atomic mass is 16.5. The van der Waals surface area contributed by atoms with Crippen molar-refractivity contribution in [3.05, 3.63) is 53.6 Å². The Labute approximate surface area is 187 Å². The van der Waals surface area contributed by atoms with E-state index in [9.17, 15) is 20.3 Å². The summed E-state index contributed by atoms with van der Waals surface area (Å²) in [5, 5.41) is 28.1. The first-order chi connectivity index (χ1) is 15.5. The van der Waals surface area contributed by atoms with Crippen molar-refractivity contribution >= 4 is 17.7 Å². The van der Waals surface area contributed by atoms with E-state index in [1.165, 1.54) is 24.3 Å². The molecule has 0 atom stereocenters. The maximum absolute atomic E-state index is 12.2. The Kier molecular flexibility index (Phi) is 7.95. The summed E-state index contributed by atoms with van der Waals surface area (Å²) in [6.07, 6.45) is 1.98. The lowest BCUT2D eigenvalue weighted by atomic mass is 10.1. The Morgan fingerprint density at radius 1 is 1.12 bits per heavy atom. The van der Waals surface area contributed by atoms with Gasteiger partial charge in [-0.1, -0.05) is 18.2 Å². The van der Waals surface area contributed by atoms with Crippen molar-refractivity contribution < 1.29 is 24.5 Å². The first-order valence-corrected chi connectivity index (χ1v) is 10.4. The number of para-hydroxylation sites is 2. The highest BCUT2D eigenvalue weighted by molar-refractivity contribution is 5.97. The molecule has 2 aromatic carbocycles. The highest BCUT2D eigenvalue weighted by Gasteiger charge is 2.19. The van der Waals surface area contributed by atoms with E-state index in [0.717, 1.165) is 44.2 Å². The molecule has 8 heteroatoms. The first kappa shape index (κ1) is 23.0. The molecule has 1 aliphatic heterocycles. The van der Waals surface area contributed by atoms with Gasteiger partial charge in [-0.15, -0.1) is 0 Å². The van der Waals surface area contributed by atoms with Gasteiger partial charge in [0.25, 0.3) is 0 Å². The summed E-state index contributed by atoms with van der Waals surface area (Å²) in [7, 11) is 1.68. The third-order valence-electron chi connectivity index (χ3n) is 5.30. The smallest absolute Gasteiger partial charge is 0.348 e. The number of carbonyl (C=O) groups excluding carboxylic acids is 1. The number of phenols is 2. The number of benzene rings is 2. The molecular weight excluding hydrogens is 410 g/mol. The molecule has 1 fully saturated rings. The third kappa shape index (κ3) is 5.93. The van der Waals surface area contributed by atoms with Gasteiger partial charge < -0.3 is 24.6 Å².